The molecule has 1 saturated heterocycles. The van der Waals surface area contributed by atoms with Gasteiger partial charge in [0.2, 0.25) is 5.91 Å². The van der Waals surface area contributed by atoms with Gasteiger partial charge in [-0.15, -0.1) is 12.4 Å². The van der Waals surface area contributed by atoms with Crippen molar-refractivity contribution in [1.29, 1.82) is 0 Å². The van der Waals surface area contributed by atoms with Crippen LogP contribution in [0.1, 0.15) is 12.8 Å². The summed E-state index contributed by atoms with van der Waals surface area (Å²) in [6.07, 6.45) is 2.43. The molecule has 1 amide bonds. The highest BCUT2D eigenvalue weighted by Gasteiger charge is 2.19. The van der Waals surface area contributed by atoms with Crippen molar-refractivity contribution in [1.82, 2.24) is 15.1 Å². The number of piperidine rings is 1. The van der Waals surface area contributed by atoms with Gasteiger partial charge >= 0.3 is 0 Å². The van der Waals surface area contributed by atoms with Crippen LogP contribution in [0.25, 0.3) is 0 Å². The topological polar surface area (TPSA) is 35.6 Å². The molecular formula is C11H24ClN3O. The van der Waals surface area contributed by atoms with Gasteiger partial charge in [0.1, 0.15) is 0 Å². The third-order valence-electron chi connectivity index (χ3n) is 3.12. The molecule has 5 heteroatoms. The minimum atomic E-state index is 0. The van der Waals surface area contributed by atoms with Crippen LogP contribution in [0, 0.1) is 5.92 Å². The van der Waals surface area contributed by atoms with Gasteiger partial charge in [0.15, 0.2) is 0 Å². The molecule has 1 aliphatic heterocycles. The summed E-state index contributed by atoms with van der Waals surface area (Å²) in [6.45, 7) is 3.69. The van der Waals surface area contributed by atoms with Crippen molar-refractivity contribution in [2.75, 3.05) is 47.3 Å². The normalized spacial score (nSPS) is 17.9. The van der Waals surface area contributed by atoms with E-state index < -0.39 is 0 Å². The highest BCUT2D eigenvalue weighted by Crippen LogP contribution is 2.16. The number of hydrogen-bond acceptors (Lipinski definition) is 3. The van der Waals surface area contributed by atoms with Crippen molar-refractivity contribution in [3.63, 3.8) is 0 Å². The molecule has 1 heterocycles. The predicted molar refractivity (Wildman–Crippen MR) is 69.0 cm³/mol. The number of amides is 1. The van der Waals surface area contributed by atoms with Crippen molar-refractivity contribution in [3.8, 4) is 0 Å². The lowest BCUT2D eigenvalue weighted by atomic mass is 9.97. The highest BCUT2D eigenvalue weighted by molar-refractivity contribution is 5.85. The molecule has 16 heavy (non-hydrogen) atoms. The zero-order chi connectivity index (χ0) is 11.3. The second kappa shape index (κ2) is 7.87. The summed E-state index contributed by atoms with van der Waals surface area (Å²) in [6, 6.07) is 0. The number of carbonyl (C=O) groups is 1. The first-order chi connectivity index (χ1) is 7.13. The number of nitrogens with one attached hydrogen (secondary N) is 1. The summed E-state index contributed by atoms with van der Waals surface area (Å²) >= 11 is 0. The van der Waals surface area contributed by atoms with Crippen LogP contribution in [0.15, 0.2) is 0 Å². The number of carbonyl (C=O) groups excluding carboxylic acids is 1. The van der Waals surface area contributed by atoms with Crippen LogP contribution < -0.4 is 5.32 Å². The van der Waals surface area contributed by atoms with Crippen molar-refractivity contribution < 1.29 is 4.79 Å². The summed E-state index contributed by atoms with van der Waals surface area (Å²) in [4.78, 5) is 15.7. The molecule has 0 radical (unpaired) electrons. The van der Waals surface area contributed by atoms with Crippen LogP contribution in [0.2, 0.25) is 0 Å². The first kappa shape index (κ1) is 15.7. The summed E-state index contributed by atoms with van der Waals surface area (Å²) in [5, 5.41) is 2.89. The molecule has 96 valence electrons. The summed E-state index contributed by atoms with van der Waals surface area (Å²) in [5.74, 6) is 0.878. The molecule has 1 fully saturated rings. The highest BCUT2D eigenvalue weighted by atomic mass is 35.5. The molecule has 1 aliphatic rings. The van der Waals surface area contributed by atoms with E-state index in [4.69, 9.17) is 0 Å². The maximum absolute atomic E-state index is 11.5. The van der Waals surface area contributed by atoms with Gasteiger partial charge in [0, 0.05) is 13.6 Å². The van der Waals surface area contributed by atoms with E-state index in [2.05, 4.69) is 17.3 Å². The van der Waals surface area contributed by atoms with Gasteiger partial charge in [-0.05, 0) is 45.9 Å². The van der Waals surface area contributed by atoms with Crippen LogP contribution >= 0.6 is 12.4 Å². The van der Waals surface area contributed by atoms with Crippen molar-refractivity contribution in [3.05, 3.63) is 0 Å². The molecule has 0 bridgehead atoms. The molecule has 0 atom stereocenters. The lowest BCUT2D eigenvalue weighted by Crippen LogP contribution is -2.40. The summed E-state index contributed by atoms with van der Waals surface area (Å²) in [5.41, 5.74) is 0. The number of halogens is 1. The van der Waals surface area contributed by atoms with E-state index >= 15 is 0 Å². The monoisotopic (exact) mass is 249 g/mol. The molecule has 1 N–H and O–H groups in total. The van der Waals surface area contributed by atoms with E-state index in [0.717, 1.165) is 6.54 Å². The van der Waals surface area contributed by atoms with Gasteiger partial charge in [-0.1, -0.05) is 0 Å². The minimum Gasteiger partial charge on any atom is -0.344 e. The molecule has 0 unspecified atom stereocenters. The van der Waals surface area contributed by atoms with Gasteiger partial charge in [-0.25, -0.2) is 0 Å². The smallest absolute Gasteiger partial charge is 0.236 e. The Labute approximate surface area is 105 Å². The fraction of sp³-hybridized carbons (Fsp3) is 0.909. The summed E-state index contributed by atoms with van der Waals surface area (Å²) in [7, 11) is 5.87. The lowest BCUT2D eigenvalue weighted by Gasteiger charge is -2.31. The Kier molecular flexibility index (Phi) is 7.72. The zero-order valence-corrected chi connectivity index (χ0v) is 11.3. The first-order valence-corrected chi connectivity index (χ1v) is 5.70. The van der Waals surface area contributed by atoms with Crippen LogP contribution in [0.4, 0.5) is 0 Å². The fourth-order valence-corrected chi connectivity index (χ4v) is 2.02. The van der Waals surface area contributed by atoms with Crippen molar-refractivity contribution in [2.24, 2.45) is 5.92 Å². The Morgan fingerprint density at radius 1 is 1.44 bits per heavy atom. The number of nitrogens with zero attached hydrogens (tertiary/aromatic N) is 2. The number of rotatable bonds is 4. The molecule has 0 aromatic heterocycles. The maximum atomic E-state index is 11.5. The molecule has 4 nitrogen and oxygen atoms in total. The average molecular weight is 250 g/mol. The quantitative estimate of drug-likeness (QED) is 0.785. The fourth-order valence-electron chi connectivity index (χ4n) is 2.02. The van der Waals surface area contributed by atoms with E-state index in [1.807, 2.05) is 11.9 Å². The SMILES string of the molecule is CNCC(=O)N(C)CC1CCN(C)CC1.Cl. The van der Waals surface area contributed by atoms with Crippen LogP contribution in [0.5, 0.6) is 0 Å². The lowest BCUT2D eigenvalue weighted by molar-refractivity contribution is -0.129. The second-order valence-corrected chi connectivity index (χ2v) is 4.55. The number of likely N-dealkylation sites (N-methyl/N-ethyl adjacent to an activating group) is 2. The van der Waals surface area contributed by atoms with E-state index in [-0.39, 0.29) is 18.3 Å². The van der Waals surface area contributed by atoms with Crippen molar-refractivity contribution >= 4 is 18.3 Å². The maximum Gasteiger partial charge on any atom is 0.236 e. The van der Waals surface area contributed by atoms with E-state index in [1.165, 1.54) is 25.9 Å². The molecule has 0 aromatic rings. The predicted octanol–water partition coefficient (Wildman–Crippen LogP) is 0.428. The van der Waals surface area contributed by atoms with E-state index in [1.54, 1.807) is 7.05 Å². The second-order valence-electron chi connectivity index (χ2n) is 4.55. The number of hydrogen-bond donors (Lipinski definition) is 1. The van der Waals surface area contributed by atoms with Gasteiger partial charge < -0.3 is 15.1 Å². The average Bonchev–Trinajstić information content (AvgIpc) is 2.22. The molecule has 0 saturated carbocycles. The Bertz CT molecular complexity index is 205. The third kappa shape index (κ3) is 5.14. The van der Waals surface area contributed by atoms with E-state index in [9.17, 15) is 4.79 Å². The zero-order valence-electron chi connectivity index (χ0n) is 10.5. The minimum absolute atomic E-state index is 0. The molecular weight excluding hydrogens is 226 g/mol. The largest absolute Gasteiger partial charge is 0.344 e. The molecule has 0 aliphatic carbocycles. The third-order valence-corrected chi connectivity index (χ3v) is 3.12. The Balaban J connectivity index is 0.00000225. The van der Waals surface area contributed by atoms with E-state index in [0.29, 0.717) is 12.5 Å². The molecule has 0 spiro atoms. The van der Waals surface area contributed by atoms with Gasteiger partial charge in [0.05, 0.1) is 6.54 Å². The Morgan fingerprint density at radius 3 is 2.50 bits per heavy atom. The van der Waals surface area contributed by atoms with Crippen LogP contribution in [-0.4, -0.2) is 63.0 Å². The molecule has 1 rings (SSSR count). The van der Waals surface area contributed by atoms with Crippen LogP contribution in [0.3, 0.4) is 0 Å². The first-order valence-electron chi connectivity index (χ1n) is 5.70. The van der Waals surface area contributed by atoms with Gasteiger partial charge in [-0.2, -0.15) is 0 Å². The summed E-state index contributed by atoms with van der Waals surface area (Å²) < 4.78 is 0. The van der Waals surface area contributed by atoms with Gasteiger partial charge in [-0.3, -0.25) is 4.79 Å². The Morgan fingerprint density at radius 2 is 2.00 bits per heavy atom. The van der Waals surface area contributed by atoms with Crippen molar-refractivity contribution in [2.45, 2.75) is 12.8 Å². The van der Waals surface area contributed by atoms with Crippen LogP contribution in [-0.2, 0) is 4.79 Å². The number of likely N-dealkylation sites (tertiary alicyclic amines) is 1. The van der Waals surface area contributed by atoms with Gasteiger partial charge in [0.25, 0.3) is 0 Å². The Hall–Kier alpha value is -0.320. The standard InChI is InChI=1S/C11H23N3O.ClH/c1-12-8-11(15)14(3)9-10-4-6-13(2)7-5-10;/h10,12H,4-9H2,1-3H3;1H. The molecule has 0 aromatic carbocycles.